The van der Waals surface area contributed by atoms with Crippen molar-refractivity contribution in [2.45, 2.75) is 5.41 Å². The van der Waals surface area contributed by atoms with E-state index in [1.54, 1.807) is 0 Å². The normalized spacial score (nSPS) is 12.7. The van der Waals surface area contributed by atoms with Gasteiger partial charge in [-0.25, -0.2) is 9.97 Å². The van der Waals surface area contributed by atoms with Crippen molar-refractivity contribution in [2.24, 2.45) is 0 Å². The van der Waals surface area contributed by atoms with Gasteiger partial charge in [0.1, 0.15) is 0 Å². The van der Waals surface area contributed by atoms with E-state index in [1.165, 1.54) is 66.8 Å². The van der Waals surface area contributed by atoms with Crippen molar-refractivity contribution in [3.05, 3.63) is 253 Å². The maximum Gasteiger partial charge on any atom is 0.0725 e. The van der Waals surface area contributed by atoms with E-state index in [1.807, 2.05) is 12.1 Å². The van der Waals surface area contributed by atoms with Gasteiger partial charge in [-0.3, -0.25) is 0 Å². The Morgan fingerprint density at radius 1 is 0.230 bits per heavy atom. The molecule has 2 aliphatic rings. The Bertz CT molecular complexity index is 3090. The molecular formula is C59H38N2. The summed E-state index contributed by atoms with van der Waals surface area (Å²) >= 11 is 0. The standard InChI is InChI=1S/C59H38N2/c1-3-17-39(18-4-1)53-33-15-35-55(60-53)43-23-11-21-41(37-43)45-27-13-31-51-57(45)47-25-7-9-29-49(47)59(51)50-30-10-8-26-48(50)58-46(28-14-32-52(58)59)42-22-12-24-44(38-42)56-36-16-34-54(61-56)40-19-5-2-6-20-40/h1-38H. The zero-order valence-corrected chi connectivity index (χ0v) is 33.3. The van der Waals surface area contributed by atoms with Crippen molar-refractivity contribution in [1.82, 2.24) is 9.97 Å². The van der Waals surface area contributed by atoms with Crippen LogP contribution in [0.4, 0.5) is 0 Å². The molecule has 0 bridgehead atoms. The van der Waals surface area contributed by atoms with E-state index >= 15 is 0 Å². The van der Waals surface area contributed by atoms with Crippen molar-refractivity contribution in [2.75, 3.05) is 0 Å². The summed E-state index contributed by atoms with van der Waals surface area (Å²) in [5.41, 5.74) is 23.0. The first-order valence-corrected chi connectivity index (χ1v) is 21.0. The summed E-state index contributed by atoms with van der Waals surface area (Å²) in [6, 6.07) is 83.3. The molecule has 12 rings (SSSR count). The van der Waals surface area contributed by atoms with E-state index in [9.17, 15) is 0 Å². The Kier molecular flexibility index (Phi) is 8.11. The molecule has 0 atom stereocenters. The second kappa shape index (κ2) is 14.1. The Morgan fingerprint density at radius 2 is 0.541 bits per heavy atom. The number of hydrogen-bond acceptors (Lipinski definition) is 2. The van der Waals surface area contributed by atoms with Gasteiger partial charge in [0, 0.05) is 22.3 Å². The Hall–Kier alpha value is -7.94. The van der Waals surface area contributed by atoms with Crippen LogP contribution in [0.25, 0.3) is 89.5 Å². The molecule has 2 nitrogen and oxygen atoms in total. The molecule has 0 amide bonds. The smallest absolute Gasteiger partial charge is 0.0725 e. The number of hydrogen-bond donors (Lipinski definition) is 0. The number of nitrogens with zero attached hydrogens (tertiary/aromatic N) is 2. The summed E-state index contributed by atoms with van der Waals surface area (Å²) in [5.74, 6) is 0. The van der Waals surface area contributed by atoms with Crippen LogP contribution in [0.1, 0.15) is 22.3 Å². The Morgan fingerprint density at radius 3 is 1.00 bits per heavy atom. The molecule has 8 aromatic carbocycles. The molecule has 0 radical (unpaired) electrons. The molecule has 0 aliphatic heterocycles. The van der Waals surface area contributed by atoms with Crippen LogP contribution in [0.5, 0.6) is 0 Å². The minimum absolute atomic E-state index is 0.490. The highest BCUT2D eigenvalue weighted by Gasteiger charge is 2.52. The van der Waals surface area contributed by atoms with Gasteiger partial charge >= 0.3 is 0 Å². The molecule has 0 N–H and O–H groups in total. The Labute approximate surface area is 356 Å². The zero-order chi connectivity index (χ0) is 40.3. The number of rotatable bonds is 6. The van der Waals surface area contributed by atoms with E-state index in [0.29, 0.717) is 0 Å². The van der Waals surface area contributed by atoms with Crippen LogP contribution in [-0.4, -0.2) is 9.97 Å². The minimum atomic E-state index is -0.490. The van der Waals surface area contributed by atoms with Crippen LogP contribution in [0.3, 0.4) is 0 Å². The third-order valence-electron chi connectivity index (χ3n) is 12.7. The van der Waals surface area contributed by atoms with E-state index < -0.39 is 5.41 Å². The van der Waals surface area contributed by atoms with Gasteiger partial charge in [-0.2, -0.15) is 0 Å². The van der Waals surface area contributed by atoms with Gasteiger partial charge < -0.3 is 0 Å². The van der Waals surface area contributed by atoms with Gasteiger partial charge in [0.05, 0.1) is 28.2 Å². The van der Waals surface area contributed by atoms with Gasteiger partial charge in [0.15, 0.2) is 0 Å². The topological polar surface area (TPSA) is 25.8 Å². The summed E-state index contributed by atoms with van der Waals surface area (Å²) < 4.78 is 0. The first-order valence-electron chi connectivity index (χ1n) is 21.0. The van der Waals surface area contributed by atoms with E-state index in [-0.39, 0.29) is 0 Å². The van der Waals surface area contributed by atoms with Crippen LogP contribution in [-0.2, 0) is 5.41 Å². The van der Waals surface area contributed by atoms with Crippen LogP contribution in [0, 0.1) is 0 Å². The maximum absolute atomic E-state index is 5.13. The minimum Gasteiger partial charge on any atom is -0.248 e. The lowest BCUT2D eigenvalue weighted by Gasteiger charge is -2.30. The molecule has 2 aromatic heterocycles. The van der Waals surface area contributed by atoms with Crippen molar-refractivity contribution < 1.29 is 0 Å². The zero-order valence-electron chi connectivity index (χ0n) is 33.3. The van der Waals surface area contributed by atoms with Crippen LogP contribution in [0.2, 0.25) is 0 Å². The molecular weight excluding hydrogens is 737 g/mol. The fourth-order valence-corrected chi connectivity index (χ4v) is 10.1. The van der Waals surface area contributed by atoms with Gasteiger partial charge in [0.2, 0.25) is 0 Å². The molecule has 0 fully saturated rings. The highest BCUT2D eigenvalue weighted by Crippen LogP contribution is 2.65. The average molecular weight is 775 g/mol. The average Bonchev–Trinajstić information content (AvgIpc) is 3.82. The lowest BCUT2D eigenvalue weighted by atomic mass is 9.70. The highest BCUT2D eigenvalue weighted by molar-refractivity contribution is 6.03. The van der Waals surface area contributed by atoms with Gasteiger partial charge in [0.25, 0.3) is 0 Å². The number of aromatic nitrogens is 2. The summed E-state index contributed by atoms with van der Waals surface area (Å²) in [4.78, 5) is 10.3. The lowest BCUT2D eigenvalue weighted by Crippen LogP contribution is -2.25. The van der Waals surface area contributed by atoms with Gasteiger partial charge in [-0.05, 0) is 103 Å². The summed E-state index contributed by atoms with van der Waals surface area (Å²) in [6.45, 7) is 0. The molecule has 0 unspecified atom stereocenters. The van der Waals surface area contributed by atoms with E-state index in [4.69, 9.17) is 9.97 Å². The van der Waals surface area contributed by atoms with Crippen LogP contribution < -0.4 is 0 Å². The van der Waals surface area contributed by atoms with Crippen molar-refractivity contribution >= 4 is 0 Å². The first kappa shape index (κ1) is 35.0. The lowest BCUT2D eigenvalue weighted by molar-refractivity contribution is 0.794. The number of fused-ring (bicyclic) bond motifs is 10. The van der Waals surface area contributed by atoms with E-state index in [2.05, 4.69) is 218 Å². The predicted octanol–water partition coefficient (Wildman–Crippen LogP) is 14.8. The molecule has 0 saturated heterocycles. The summed E-state index contributed by atoms with van der Waals surface area (Å²) in [6.07, 6.45) is 0. The molecule has 10 aromatic rings. The third kappa shape index (κ3) is 5.50. The maximum atomic E-state index is 5.13. The number of pyridine rings is 2. The monoisotopic (exact) mass is 774 g/mol. The quantitative estimate of drug-likeness (QED) is 0.168. The summed E-state index contributed by atoms with van der Waals surface area (Å²) in [5, 5.41) is 0. The highest BCUT2D eigenvalue weighted by atomic mass is 14.7. The second-order valence-electron chi connectivity index (χ2n) is 16.0. The van der Waals surface area contributed by atoms with Crippen molar-refractivity contribution in [3.63, 3.8) is 0 Å². The molecule has 2 aliphatic carbocycles. The van der Waals surface area contributed by atoms with Crippen molar-refractivity contribution in [1.29, 1.82) is 0 Å². The van der Waals surface area contributed by atoms with Gasteiger partial charge in [-0.1, -0.05) is 194 Å². The predicted molar refractivity (Wildman–Crippen MR) is 251 cm³/mol. The van der Waals surface area contributed by atoms with Crippen LogP contribution in [0.15, 0.2) is 231 Å². The molecule has 61 heavy (non-hydrogen) atoms. The number of benzene rings is 8. The first-order chi connectivity index (χ1) is 30.3. The fourth-order valence-electron chi connectivity index (χ4n) is 10.1. The SMILES string of the molecule is c1ccc(-c2cccc(-c3cccc(-c4cccc5c4-c4ccccc4C54c5ccccc5-c5c(-c6cccc(-c7cccc(-c8ccccc8)n7)c6)cccc54)c3)n2)cc1. The molecule has 1 spiro atoms. The fraction of sp³-hybridized carbons (Fsp3) is 0.0169. The van der Waals surface area contributed by atoms with Crippen LogP contribution >= 0.6 is 0 Å². The molecule has 2 heteroatoms. The van der Waals surface area contributed by atoms with Crippen molar-refractivity contribution in [3.8, 4) is 89.5 Å². The second-order valence-corrected chi connectivity index (χ2v) is 16.0. The molecule has 0 saturated carbocycles. The van der Waals surface area contributed by atoms with Gasteiger partial charge in [-0.15, -0.1) is 0 Å². The largest absolute Gasteiger partial charge is 0.248 e. The third-order valence-corrected chi connectivity index (χ3v) is 12.7. The molecule has 2 heterocycles. The summed E-state index contributed by atoms with van der Waals surface area (Å²) in [7, 11) is 0. The Balaban J connectivity index is 1.02. The van der Waals surface area contributed by atoms with E-state index in [0.717, 1.165) is 45.0 Å². The molecule has 284 valence electrons.